The third-order valence-corrected chi connectivity index (χ3v) is 8.86. The molecular weight excluding hydrogens is 471 g/mol. The van der Waals surface area contributed by atoms with Gasteiger partial charge in [0.15, 0.2) is 5.82 Å². The summed E-state index contributed by atoms with van der Waals surface area (Å²) in [5.74, 6) is 6.51. The average Bonchev–Trinajstić information content (AvgIpc) is 3.36. The predicted octanol–water partition coefficient (Wildman–Crippen LogP) is 5.00. The molecule has 0 saturated carbocycles. The van der Waals surface area contributed by atoms with Crippen molar-refractivity contribution >= 4 is 34.0 Å². The molecule has 2 aromatic heterocycles. The number of nitrogens with zero attached hydrogens (tertiary/aromatic N) is 4. The lowest BCUT2D eigenvalue weighted by atomic mass is 9.69. The molecule has 1 unspecified atom stereocenters. The van der Waals surface area contributed by atoms with Crippen LogP contribution in [0.5, 0.6) is 0 Å². The maximum Gasteiger partial charge on any atom is 0.235 e. The van der Waals surface area contributed by atoms with Crippen molar-refractivity contribution in [3.8, 4) is 17.5 Å². The third-order valence-electron chi connectivity index (χ3n) is 6.75. The molecule has 0 saturated heterocycles. The number of nitriles is 1. The number of benzene rings is 1. The number of hydrogen-bond acceptors (Lipinski definition) is 7. The fraction of sp³-hybridized carbons (Fsp3) is 0.417. The van der Waals surface area contributed by atoms with Crippen molar-refractivity contribution in [3.05, 3.63) is 46.1 Å². The van der Waals surface area contributed by atoms with Gasteiger partial charge in [0.1, 0.15) is 16.9 Å². The highest BCUT2D eigenvalue weighted by Gasteiger charge is 2.34. The SMILES string of the molecule is CCC(C)(C)C1CCc2c(sc(NC(=O)CSc3nnc(-c4ccc(F)cc4)n3N)c2C#N)C1. The average molecular weight is 499 g/mol. The molecule has 1 amide bonds. The van der Waals surface area contributed by atoms with Crippen LogP contribution in [0.4, 0.5) is 9.39 Å². The van der Waals surface area contributed by atoms with Crippen LogP contribution in [-0.2, 0) is 17.6 Å². The molecule has 3 aromatic rings. The second-order valence-electron chi connectivity index (χ2n) is 9.12. The van der Waals surface area contributed by atoms with Crippen LogP contribution in [0.15, 0.2) is 29.4 Å². The Morgan fingerprint density at radius 1 is 1.38 bits per heavy atom. The van der Waals surface area contributed by atoms with Crippen molar-refractivity contribution < 1.29 is 9.18 Å². The predicted molar refractivity (Wildman–Crippen MR) is 134 cm³/mol. The van der Waals surface area contributed by atoms with Crippen LogP contribution < -0.4 is 11.2 Å². The van der Waals surface area contributed by atoms with E-state index in [1.54, 1.807) is 12.1 Å². The minimum Gasteiger partial charge on any atom is -0.335 e. The van der Waals surface area contributed by atoms with Crippen molar-refractivity contribution in [2.45, 2.75) is 51.6 Å². The topological polar surface area (TPSA) is 110 Å². The van der Waals surface area contributed by atoms with Crippen molar-refractivity contribution in [1.82, 2.24) is 14.9 Å². The second-order valence-corrected chi connectivity index (χ2v) is 11.2. The summed E-state index contributed by atoms with van der Waals surface area (Å²) in [5, 5.41) is 21.8. The lowest BCUT2D eigenvalue weighted by Gasteiger charge is -2.36. The first kappa shape index (κ1) is 24.2. The lowest BCUT2D eigenvalue weighted by Crippen LogP contribution is -2.28. The summed E-state index contributed by atoms with van der Waals surface area (Å²) in [5.41, 5.74) is 2.55. The first-order valence-corrected chi connectivity index (χ1v) is 13.0. The fourth-order valence-corrected chi connectivity index (χ4v) is 6.16. The fourth-order valence-electron chi connectivity index (χ4n) is 4.21. The van der Waals surface area contributed by atoms with Gasteiger partial charge in [0.05, 0.1) is 11.3 Å². The molecule has 1 aliphatic rings. The first-order valence-electron chi connectivity index (χ1n) is 11.2. The Morgan fingerprint density at radius 3 is 2.79 bits per heavy atom. The minimum atomic E-state index is -0.352. The highest BCUT2D eigenvalue weighted by atomic mass is 32.2. The van der Waals surface area contributed by atoms with Gasteiger partial charge < -0.3 is 11.2 Å². The Balaban J connectivity index is 1.43. The van der Waals surface area contributed by atoms with Crippen LogP contribution in [0.25, 0.3) is 11.4 Å². The van der Waals surface area contributed by atoms with Crippen LogP contribution in [0, 0.1) is 28.5 Å². The monoisotopic (exact) mass is 498 g/mol. The summed E-state index contributed by atoms with van der Waals surface area (Å²) in [6, 6.07) is 8.08. The van der Waals surface area contributed by atoms with E-state index in [-0.39, 0.29) is 22.9 Å². The number of nitrogen functional groups attached to an aromatic ring is 1. The van der Waals surface area contributed by atoms with E-state index >= 15 is 0 Å². The van der Waals surface area contributed by atoms with Crippen LogP contribution in [0.1, 0.15) is 49.6 Å². The van der Waals surface area contributed by atoms with E-state index in [4.69, 9.17) is 5.84 Å². The van der Waals surface area contributed by atoms with Crippen LogP contribution in [-0.4, -0.2) is 26.5 Å². The summed E-state index contributed by atoms with van der Waals surface area (Å²) >= 11 is 2.67. The van der Waals surface area contributed by atoms with E-state index in [9.17, 15) is 14.4 Å². The summed E-state index contributed by atoms with van der Waals surface area (Å²) in [7, 11) is 0. The zero-order valence-electron chi connectivity index (χ0n) is 19.4. The Kier molecular flexibility index (Phi) is 6.96. The molecule has 0 bridgehead atoms. The van der Waals surface area contributed by atoms with E-state index < -0.39 is 0 Å². The molecule has 7 nitrogen and oxygen atoms in total. The number of thiophene rings is 1. The molecule has 1 aromatic carbocycles. The Bertz CT molecular complexity index is 1240. The standard InChI is InChI=1S/C24H27FN6OS2/c1-4-24(2,3)15-7-10-17-18(12-26)22(34-19(17)11-15)28-20(32)13-33-23-30-29-21(31(23)27)14-5-8-16(25)9-6-14/h5-6,8-9,15H,4,7,10-11,13,27H2,1-3H3,(H,28,32). The van der Waals surface area contributed by atoms with E-state index in [1.165, 1.54) is 33.0 Å². The van der Waals surface area contributed by atoms with Gasteiger partial charge in [-0.1, -0.05) is 39.0 Å². The van der Waals surface area contributed by atoms with Gasteiger partial charge in [-0.3, -0.25) is 4.79 Å². The van der Waals surface area contributed by atoms with Crippen LogP contribution in [0.3, 0.4) is 0 Å². The molecule has 1 atom stereocenters. The van der Waals surface area contributed by atoms with Crippen molar-refractivity contribution in [3.63, 3.8) is 0 Å². The first-order chi connectivity index (χ1) is 16.2. The molecule has 0 spiro atoms. The maximum absolute atomic E-state index is 13.2. The normalized spacial score (nSPS) is 15.6. The van der Waals surface area contributed by atoms with Crippen LogP contribution in [0.2, 0.25) is 0 Å². The van der Waals surface area contributed by atoms with E-state index in [2.05, 4.69) is 42.4 Å². The highest BCUT2D eigenvalue weighted by Crippen LogP contribution is 2.45. The summed E-state index contributed by atoms with van der Waals surface area (Å²) in [4.78, 5) is 13.9. The number of fused-ring (bicyclic) bond motifs is 1. The number of anilines is 1. The van der Waals surface area contributed by atoms with Gasteiger partial charge in [-0.05, 0) is 60.4 Å². The number of nitrogens with two attached hydrogens (primary N) is 1. The van der Waals surface area contributed by atoms with Gasteiger partial charge in [0.25, 0.3) is 0 Å². The molecule has 10 heteroatoms. The van der Waals surface area contributed by atoms with Crippen molar-refractivity contribution in [1.29, 1.82) is 5.26 Å². The van der Waals surface area contributed by atoms with E-state index in [0.29, 0.717) is 33.0 Å². The van der Waals surface area contributed by atoms with Gasteiger partial charge >= 0.3 is 0 Å². The number of nitrogens with one attached hydrogen (secondary N) is 1. The molecule has 3 N–H and O–H groups in total. The molecule has 0 fully saturated rings. The molecule has 178 valence electrons. The summed E-state index contributed by atoms with van der Waals surface area (Å²) in [6.45, 7) is 6.83. The zero-order valence-corrected chi connectivity index (χ0v) is 21.0. The molecule has 0 radical (unpaired) electrons. The van der Waals surface area contributed by atoms with Gasteiger partial charge in [0, 0.05) is 10.4 Å². The smallest absolute Gasteiger partial charge is 0.235 e. The van der Waals surface area contributed by atoms with Gasteiger partial charge in [-0.25, -0.2) is 9.07 Å². The Hall–Kier alpha value is -2.90. The maximum atomic E-state index is 13.2. The van der Waals surface area contributed by atoms with E-state index in [1.807, 2.05) is 0 Å². The zero-order chi connectivity index (χ0) is 24.5. The summed E-state index contributed by atoms with van der Waals surface area (Å²) in [6.07, 6.45) is 3.99. The molecule has 34 heavy (non-hydrogen) atoms. The molecule has 4 rings (SSSR count). The number of rotatable bonds is 7. The van der Waals surface area contributed by atoms with Crippen molar-refractivity contribution in [2.24, 2.45) is 11.3 Å². The summed E-state index contributed by atoms with van der Waals surface area (Å²) < 4.78 is 14.5. The Morgan fingerprint density at radius 2 is 2.12 bits per heavy atom. The van der Waals surface area contributed by atoms with E-state index in [0.717, 1.165) is 43.0 Å². The largest absolute Gasteiger partial charge is 0.335 e. The molecule has 2 heterocycles. The number of carbonyl (C=O) groups is 1. The number of carbonyl (C=O) groups excluding carboxylic acids is 1. The van der Waals surface area contributed by atoms with Gasteiger partial charge in [-0.15, -0.1) is 21.5 Å². The highest BCUT2D eigenvalue weighted by molar-refractivity contribution is 7.99. The Labute approximate surface area is 206 Å². The second kappa shape index (κ2) is 9.76. The molecular formula is C24H27FN6OS2. The lowest BCUT2D eigenvalue weighted by molar-refractivity contribution is -0.113. The third kappa shape index (κ3) is 4.81. The van der Waals surface area contributed by atoms with Gasteiger partial charge in [0.2, 0.25) is 11.1 Å². The van der Waals surface area contributed by atoms with Gasteiger partial charge in [-0.2, -0.15) is 5.26 Å². The number of aromatic nitrogens is 3. The van der Waals surface area contributed by atoms with Crippen molar-refractivity contribution in [2.75, 3.05) is 16.9 Å². The van der Waals surface area contributed by atoms with Crippen LogP contribution >= 0.6 is 23.1 Å². The number of hydrogen-bond donors (Lipinski definition) is 2. The number of thioether (sulfide) groups is 1. The molecule has 0 aliphatic heterocycles. The molecule has 1 aliphatic carbocycles. The number of halogens is 1. The quantitative estimate of drug-likeness (QED) is 0.350. The number of amides is 1. The minimum absolute atomic E-state index is 0.0671.